The highest BCUT2D eigenvalue weighted by atomic mass is 16.5. The van der Waals surface area contributed by atoms with E-state index in [0.717, 1.165) is 18.9 Å². The molecule has 3 aliphatic rings. The molecule has 1 aromatic heterocycles. The second kappa shape index (κ2) is 6.24. The summed E-state index contributed by atoms with van der Waals surface area (Å²) < 4.78 is 7.85. The maximum Gasteiger partial charge on any atom is 0.249 e. The van der Waals surface area contributed by atoms with Crippen molar-refractivity contribution >= 4 is 5.91 Å². The van der Waals surface area contributed by atoms with Crippen LogP contribution in [0, 0.1) is 0 Å². The van der Waals surface area contributed by atoms with Gasteiger partial charge in [0.15, 0.2) is 0 Å². The topological polar surface area (TPSA) is 50.6 Å². The minimum atomic E-state index is 0.0970. The number of aryl methyl sites for hydroxylation is 1. The highest BCUT2D eigenvalue weighted by molar-refractivity contribution is 5.78. The Morgan fingerprint density at radius 1 is 1.26 bits per heavy atom. The summed E-state index contributed by atoms with van der Waals surface area (Å²) in [4.78, 5) is 21.4. The number of rotatable bonds is 3. The van der Waals surface area contributed by atoms with Crippen LogP contribution >= 0.6 is 0 Å². The van der Waals surface area contributed by atoms with Gasteiger partial charge in [0.05, 0.1) is 18.7 Å². The van der Waals surface area contributed by atoms with E-state index in [1.165, 1.54) is 32.1 Å². The zero-order chi connectivity index (χ0) is 15.8. The van der Waals surface area contributed by atoms with Gasteiger partial charge in [-0.15, -0.1) is 0 Å². The molecule has 1 aliphatic carbocycles. The van der Waals surface area contributed by atoms with Crippen LogP contribution in [0.25, 0.3) is 0 Å². The van der Waals surface area contributed by atoms with Crippen LogP contribution in [0.1, 0.15) is 37.9 Å². The third-order valence-electron chi connectivity index (χ3n) is 5.73. The molecule has 2 atom stereocenters. The first-order valence-corrected chi connectivity index (χ1v) is 8.83. The SMILES string of the molecule is Cn1ccnc1CN1C(=O)COC2CN(C3CCCCC3)CC21. The van der Waals surface area contributed by atoms with Crippen molar-refractivity contribution in [3.63, 3.8) is 0 Å². The molecule has 2 aliphatic heterocycles. The normalized spacial score (nSPS) is 30.0. The zero-order valence-corrected chi connectivity index (χ0v) is 13.9. The van der Waals surface area contributed by atoms with Crippen LogP contribution in [-0.2, 0) is 23.1 Å². The van der Waals surface area contributed by atoms with Gasteiger partial charge in [0.2, 0.25) is 5.91 Å². The molecule has 2 unspecified atom stereocenters. The van der Waals surface area contributed by atoms with Crippen molar-refractivity contribution in [1.29, 1.82) is 0 Å². The molecular weight excluding hydrogens is 292 g/mol. The lowest BCUT2D eigenvalue weighted by atomic mass is 9.94. The molecule has 0 radical (unpaired) electrons. The first-order chi connectivity index (χ1) is 11.2. The number of imidazole rings is 1. The predicted octanol–water partition coefficient (Wildman–Crippen LogP) is 1.16. The lowest BCUT2D eigenvalue weighted by molar-refractivity contribution is -0.154. The largest absolute Gasteiger partial charge is 0.365 e. The quantitative estimate of drug-likeness (QED) is 0.839. The van der Waals surface area contributed by atoms with Crippen molar-refractivity contribution in [2.45, 2.75) is 56.8 Å². The van der Waals surface area contributed by atoms with Crippen molar-refractivity contribution in [3.8, 4) is 0 Å². The van der Waals surface area contributed by atoms with E-state index < -0.39 is 0 Å². The number of likely N-dealkylation sites (tertiary alicyclic amines) is 1. The summed E-state index contributed by atoms with van der Waals surface area (Å²) in [6.45, 7) is 2.72. The number of fused-ring (bicyclic) bond motifs is 1. The fourth-order valence-corrected chi connectivity index (χ4v) is 4.35. The number of carbonyl (C=O) groups is 1. The van der Waals surface area contributed by atoms with Crippen LogP contribution in [0.5, 0.6) is 0 Å². The van der Waals surface area contributed by atoms with E-state index in [-0.39, 0.29) is 24.7 Å². The summed E-state index contributed by atoms with van der Waals surface area (Å²) >= 11 is 0. The molecule has 6 nitrogen and oxygen atoms in total. The van der Waals surface area contributed by atoms with Gasteiger partial charge in [-0.1, -0.05) is 19.3 Å². The third kappa shape index (κ3) is 2.90. The van der Waals surface area contributed by atoms with Gasteiger partial charge in [-0.05, 0) is 12.8 Å². The molecule has 2 saturated heterocycles. The van der Waals surface area contributed by atoms with Crippen molar-refractivity contribution in [1.82, 2.24) is 19.4 Å². The Balaban J connectivity index is 1.48. The fraction of sp³-hybridized carbons (Fsp3) is 0.765. The minimum Gasteiger partial charge on any atom is -0.365 e. The van der Waals surface area contributed by atoms with E-state index in [1.807, 2.05) is 22.7 Å². The summed E-state index contributed by atoms with van der Waals surface area (Å²) in [5.41, 5.74) is 0. The van der Waals surface area contributed by atoms with Gasteiger partial charge in [0.1, 0.15) is 12.4 Å². The molecule has 1 aromatic rings. The minimum absolute atomic E-state index is 0.0970. The van der Waals surface area contributed by atoms with E-state index in [2.05, 4.69) is 9.88 Å². The summed E-state index contributed by atoms with van der Waals surface area (Å²) in [7, 11) is 1.98. The van der Waals surface area contributed by atoms with Gasteiger partial charge in [-0.25, -0.2) is 4.98 Å². The van der Waals surface area contributed by atoms with Crippen LogP contribution in [0.15, 0.2) is 12.4 Å². The van der Waals surface area contributed by atoms with E-state index >= 15 is 0 Å². The van der Waals surface area contributed by atoms with Crippen molar-refractivity contribution in [2.24, 2.45) is 7.05 Å². The molecule has 1 saturated carbocycles. The van der Waals surface area contributed by atoms with E-state index in [9.17, 15) is 4.79 Å². The number of carbonyl (C=O) groups excluding carboxylic acids is 1. The lowest BCUT2D eigenvalue weighted by Gasteiger charge is -2.36. The van der Waals surface area contributed by atoms with Crippen LogP contribution in [-0.4, -0.2) is 63.1 Å². The summed E-state index contributed by atoms with van der Waals surface area (Å²) in [6, 6.07) is 0.859. The summed E-state index contributed by atoms with van der Waals surface area (Å²) in [6.07, 6.45) is 10.5. The molecule has 4 rings (SSSR count). The maximum atomic E-state index is 12.4. The number of morpholine rings is 1. The number of hydrogen-bond donors (Lipinski definition) is 0. The van der Waals surface area contributed by atoms with Crippen LogP contribution in [0.2, 0.25) is 0 Å². The first kappa shape index (κ1) is 15.1. The molecule has 0 aromatic carbocycles. The smallest absolute Gasteiger partial charge is 0.249 e. The standard InChI is InChI=1S/C17H26N4O2/c1-19-8-7-18-16(19)11-21-14-9-20(13-5-3-2-4-6-13)10-15(14)23-12-17(21)22/h7-8,13-15H,2-6,9-12H2,1H3. The number of amides is 1. The molecule has 23 heavy (non-hydrogen) atoms. The molecule has 126 valence electrons. The molecule has 3 fully saturated rings. The maximum absolute atomic E-state index is 12.4. The average molecular weight is 318 g/mol. The van der Waals surface area contributed by atoms with Gasteiger partial charge in [0, 0.05) is 38.6 Å². The molecule has 0 N–H and O–H groups in total. The molecular formula is C17H26N4O2. The van der Waals surface area contributed by atoms with Crippen molar-refractivity contribution < 1.29 is 9.53 Å². The summed E-state index contributed by atoms with van der Waals surface area (Å²) in [5.74, 6) is 1.04. The highest BCUT2D eigenvalue weighted by Gasteiger charge is 2.45. The van der Waals surface area contributed by atoms with Gasteiger partial charge in [-0.3, -0.25) is 9.69 Å². The second-order valence-corrected chi connectivity index (χ2v) is 7.14. The van der Waals surface area contributed by atoms with Gasteiger partial charge >= 0.3 is 0 Å². The average Bonchev–Trinajstić information content (AvgIpc) is 3.17. The number of aromatic nitrogens is 2. The summed E-state index contributed by atoms with van der Waals surface area (Å²) in [5, 5.41) is 0. The van der Waals surface area contributed by atoms with Crippen LogP contribution in [0.3, 0.4) is 0 Å². The Kier molecular flexibility index (Phi) is 4.11. The molecule has 1 amide bonds. The Labute approximate surface area is 137 Å². The number of ether oxygens (including phenoxy) is 1. The Morgan fingerprint density at radius 2 is 2.09 bits per heavy atom. The third-order valence-corrected chi connectivity index (χ3v) is 5.73. The molecule has 0 spiro atoms. The Bertz CT molecular complexity index is 567. The van der Waals surface area contributed by atoms with E-state index in [4.69, 9.17) is 4.74 Å². The highest BCUT2D eigenvalue weighted by Crippen LogP contribution is 2.30. The van der Waals surface area contributed by atoms with Crippen LogP contribution < -0.4 is 0 Å². The monoisotopic (exact) mass is 318 g/mol. The van der Waals surface area contributed by atoms with Crippen molar-refractivity contribution in [3.05, 3.63) is 18.2 Å². The van der Waals surface area contributed by atoms with Crippen molar-refractivity contribution in [2.75, 3.05) is 19.7 Å². The number of hydrogen-bond acceptors (Lipinski definition) is 4. The Morgan fingerprint density at radius 3 is 2.83 bits per heavy atom. The van der Waals surface area contributed by atoms with Gasteiger partial charge in [-0.2, -0.15) is 0 Å². The number of nitrogens with zero attached hydrogens (tertiary/aromatic N) is 4. The van der Waals surface area contributed by atoms with E-state index in [0.29, 0.717) is 12.6 Å². The molecule has 6 heteroatoms. The van der Waals surface area contributed by atoms with Gasteiger partial charge in [0.25, 0.3) is 0 Å². The lowest BCUT2D eigenvalue weighted by Crippen LogP contribution is -2.53. The fourth-order valence-electron chi connectivity index (χ4n) is 4.35. The Hall–Kier alpha value is -1.40. The zero-order valence-electron chi connectivity index (χ0n) is 13.9. The second-order valence-electron chi connectivity index (χ2n) is 7.14. The molecule has 3 heterocycles. The molecule has 0 bridgehead atoms. The van der Waals surface area contributed by atoms with Crippen LogP contribution in [0.4, 0.5) is 0 Å². The first-order valence-electron chi connectivity index (χ1n) is 8.83. The van der Waals surface area contributed by atoms with E-state index in [1.54, 1.807) is 6.20 Å². The predicted molar refractivity (Wildman–Crippen MR) is 85.7 cm³/mol. The van der Waals surface area contributed by atoms with Gasteiger partial charge < -0.3 is 14.2 Å².